The van der Waals surface area contributed by atoms with Crippen molar-refractivity contribution in [1.82, 2.24) is 0 Å². The van der Waals surface area contributed by atoms with Crippen molar-refractivity contribution in [2.24, 2.45) is 5.92 Å². The number of anilines is 1. The van der Waals surface area contributed by atoms with E-state index in [1.54, 1.807) is 11.4 Å². The summed E-state index contributed by atoms with van der Waals surface area (Å²) in [7, 11) is -2.30. The Morgan fingerprint density at radius 3 is 2.39 bits per heavy atom. The number of aryl methyl sites for hydroxylation is 1. The van der Waals surface area contributed by atoms with Gasteiger partial charge < -0.3 is 0 Å². The number of hydrogen-bond donors (Lipinski definition) is 1. The van der Waals surface area contributed by atoms with E-state index >= 15 is 0 Å². The van der Waals surface area contributed by atoms with Crippen LogP contribution in [0.25, 0.3) is 0 Å². The van der Waals surface area contributed by atoms with Crippen LogP contribution in [0.2, 0.25) is 0 Å². The lowest BCUT2D eigenvalue weighted by Crippen LogP contribution is -2.34. The molecule has 0 saturated carbocycles. The summed E-state index contributed by atoms with van der Waals surface area (Å²) in [6, 6.07) is 9.44. The fourth-order valence-corrected chi connectivity index (χ4v) is 5.91. The van der Waals surface area contributed by atoms with Gasteiger partial charge in [0, 0.05) is 11.9 Å². The van der Waals surface area contributed by atoms with Crippen molar-refractivity contribution in [1.29, 1.82) is 0 Å². The molecule has 1 heterocycles. The third-order valence-corrected chi connectivity index (χ3v) is 7.83. The van der Waals surface area contributed by atoms with Crippen LogP contribution in [-0.4, -0.2) is 15.0 Å². The monoisotopic (exact) mass is 387 g/mol. The van der Waals surface area contributed by atoms with Gasteiger partial charge in [-0.15, -0.1) is 23.0 Å². The van der Waals surface area contributed by atoms with Gasteiger partial charge in [0.05, 0.1) is 14.8 Å². The van der Waals surface area contributed by atoms with E-state index in [9.17, 15) is 8.42 Å². The Balaban J connectivity index is 2.43. The summed E-state index contributed by atoms with van der Waals surface area (Å²) >= 11 is 5.53. The average molecular weight is 388 g/mol. The average Bonchev–Trinajstić information content (AvgIpc) is 3.02. The number of rotatable bonds is 7. The van der Waals surface area contributed by atoms with Gasteiger partial charge in [0.2, 0.25) is 0 Å². The second-order valence-electron chi connectivity index (χ2n) is 5.64. The van der Waals surface area contributed by atoms with Crippen molar-refractivity contribution in [2.75, 3.05) is 10.8 Å². The van der Waals surface area contributed by atoms with Gasteiger partial charge in [-0.2, -0.15) is 0 Å². The Kier molecular flexibility index (Phi) is 6.48. The maximum atomic E-state index is 13.1. The molecule has 0 amide bonds. The van der Waals surface area contributed by atoms with Crippen LogP contribution in [-0.2, 0) is 16.4 Å². The Morgan fingerprint density at radius 1 is 1.26 bits per heavy atom. The van der Waals surface area contributed by atoms with Gasteiger partial charge in [-0.25, -0.2) is 8.42 Å². The Labute approximate surface area is 152 Å². The summed E-state index contributed by atoms with van der Waals surface area (Å²) in [4.78, 5) is 0.333. The summed E-state index contributed by atoms with van der Waals surface area (Å²) in [6.07, 6.45) is 0.935. The van der Waals surface area contributed by atoms with Crippen LogP contribution in [0.15, 0.2) is 44.8 Å². The maximum absolute atomic E-state index is 13.1. The standard InChI is InChI=1S/C16H21NO2S4/c1-4-13-5-7-14(8-6-13)17(10-12(2)3)23(18,19)15-9-16(22-20)21-11-15/h5-9,11-12,20H,4,10H2,1-3H3. The molecule has 0 aliphatic carbocycles. The van der Waals surface area contributed by atoms with Gasteiger partial charge in [-0.3, -0.25) is 4.31 Å². The molecular formula is C16H21NO2S4. The number of nitrogens with zero attached hydrogens (tertiary/aromatic N) is 1. The molecule has 0 atom stereocenters. The minimum atomic E-state index is -3.56. The second-order valence-corrected chi connectivity index (χ2v) is 9.84. The normalized spacial score (nSPS) is 11.9. The molecule has 0 bridgehead atoms. The number of benzene rings is 1. The van der Waals surface area contributed by atoms with Gasteiger partial charge in [-0.1, -0.05) is 43.7 Å². The third kappa shape index (κ3) is 4.47. The van der Waals surface area contributed by atoms with E-state index in [1.165, 1.54) is 32.0 Å². The van der Waals surface area contributed by atoms with E-state index in [0.29, 0.717) is 17.1 Å². The summed E-state index contributed by atoms with van der Waals surface area (Å²) < 4.78 is 28.5. The molecule has 1 aromatic carbocycles. The van der Waals surface area contributed by atoms with E-state index in [1.807, 2.05) is 38.1 Å². The van der Waals surface area contributed by atoms with Crippen molar-refractivity contribution in [3.05, 3.63) is 41.3 Å². The fourth-order valence-electron chi connectivity index (χ4n) is 2.18. The van der Waals surface area contributed by atoms with Crippen molar-refractivity contribution in [3.8, 4) is 0 Å². The topological polar surface area (TPSA) is 37.4 Å². The van der Waals surface area contributed by atoms with Gasteiger partial charge >= 0.3 is 0 Å². The molecule has 23 heavy (non-hydrogen) atoms. The second kappa shape index (κ2) is 7.96. The van der Waals surface area contributed by atoms with Crippen LogP contribution in [0.1, 0.15) is 26.3 Å². The molecule has 0 N–H and O–H groups in total. The SMILES string of the molecule is CCc1ccc(N(CC(C)C)S(=O)(=O)c2csc(SS)c2)cc1. The molecule has 0 radical (unpaired) electrons. The van der Waals surface area contributed by atoms with Crippen LogP contribution >= 0.6 is 33.8 Å². The molecule has 2 aromatic rings. The molecular weight excluding hydrogens is 366 g/mol. The molecule has 1 aromatic heterocycles. The first-order valence-corrected chi connectivity index (χ1v) is 11.6. The van der Waals surface area contributed by atoms with Crippen LogP contribution in [0.3, 0.4) is 0 Å². The molecule has 2 rings (SSSR count). The van der Waals surface area contributed by atoms with Crippen LogP contribution < -0.4 is 4.31 Å². The lowest BCUT2D eigenvalue weighted by molar-refractivity contribution is 0.578. The first-order valence-electron chi connectivity index (χ1n) is 7.40. The van der Waals surface area contributed by atoms with Crippen LogP contribution in [0, 0.1) is 5.92 Å². The summed E-state index contributed by atoms with van der Waals surface area (Å²) in [5.74, 6) is 0.230. The van der Waals surface area contributed by atoms with Crippen LogP contribution in [0.5, 0.6) is 0 Å². The smallest absolute Gasteiger partial charge is 0.265 e. The molecule has 0 fully saturated rings. The lowest BCUT2D eigenvalue weighted by atomic mass is 10.1. The number of thiol groups is 1. The Hall–Kier alpha value is -0.630. The molecule has 0 aliphatic heterocycles. The summed E-state index contributed by atoms with van der Waals surface area (Å²) in [6.45, 7) is 6.57. The lowest BCUT2D eigenvalue weighted by Gasteiger charge is -2.26. The van der Waals surface area contributed by atoms with Crippen molar-refractivity contribution in [3.63, 3.8) is 0 Å². The predicted molar refractivity (Wildman–Crippen MR) is 104 cm³/mol. The predicted octanol–water partition coefficient (Wildman–Crippen LogP) is 5.10. The van der Waals surface area contributed by atoms with Crippen molar-refractivity contribution in [2.45, 2.75) is 36.3 Å². The Morgan fingerprint density at radius 2 is 1.91 bits per heavy atom. The van der Waals surface area contributed by atoms with E-state index in [2.05, 4.69) is 18.6 Å². The minimum absolute atomic E-state index is 0.230. The molecule has 126 valence electrons. The largest absolute Gasteiger partial charge is 0.266 e. The summed E-state index contributed by atoms with van der Waals surface area (Å²) in [5, 5.41) is 1.68. The van der Waals surface area contributed by atoms with Gasteiger partial charge in [0.15, 0.2) is 0 Å². The molecule has 0 spiro atoms. The highest BCUT2D eigenvalue weighted by molar-refractivity contribution is 8.69. The van der Waals surface area contributed by atoms with Gasteiger partial charge in [0.25, 0.3) is 10.0 Å². The first kappa shape index (κ1) is 18.7. The van der Waals surface area contributed by atoms with Crippen LogP contribution in [0.4, 0.5) is 5.69 Å². The quantitative estimate of drug-likeness (QED) is 0.530. The number of thiophene rings is 1. The molecule has 3 nitrogen and oxygen atoms in total. The maximum Gasteiger partial charge on any atom is 0.265 e. The molecule has 7 heteroatoms. The third-order valence-electron chi connectivity index (χ3n) is 3.39. The van der Waals surface area contributed by atoms with Gasteiger partial charge in [0.1, 0.15) is 0 Å². The number of hydrogen-bond acceptors (Lipinski definition) is 5. The zero-order valence-electron chi connectivity index (χ0n) is 13.4. The molecule has 0 aliphatic rings. The van der Waals surface area contributed by atoms with E-state index < -0.39 is 10.0 Å². The molecule has 0 saturated heterocycles. The van der Waals surface area contributed by atoms with Gasteiger partial charge in [-0.05, 0) is 36.1 Å². The van der Waals surface area contributed by atoms with Crippen molar-refractivity contribution >= 4 is 49.5 Å². The zero-order chi connectivity index (χ0) is 17.0. The summed E-state index contributed by atoms with van der Waals surface area (Å²) in [5.41, 5.74) is 1.90. The molecule has 0 unspecified atom stereocenters. The highest BCUT2D eigenvalue weighted by Gasteiger charge is 2.26. The van der Waals surface area contributed by atoms with E-state index in [0.717, 1.165) is 10.6 Å². The zero-order valence-corrected chi connectivity index (χ0v) is 16.7. The first-order chi connectivity index (χ1) is 10.9. The van der Waals surface area contributed by atoms with Crippen molar-refractivity contribution < 1.29 is 8.42 Å². The highest BCUT2D eigenvalue weighted by Crippen LogP contribution is 2.33. The fraction of sp³-hybridized carbons (Fsp3) is 0.375. The van der Waals surface area contributed by atoms with E-state index in [4.69, 9.17) is 0 Å². The Bertz CT molecular complexity index is 736. The minimum Gasteiger partial charge on any atom is -0.266 e. The van der Waals surface area contributed by atoms with E-state index in [-0.39, 0.29) is 5.92 Å². The highest BCUT2D eigenvalue weighted by atomic mass is 33.1. The number of sulfonamides is 1.